The molecular formula is C15H17N7OS. The first-order chi connectivity index (χ1) is 11.8. The number of nitrogens with one attached hydrogen (secondary N) is 2. The number of hydrogen-bond acceptors (Lipinski definition) is 6. The lowest BCUT2D eigenvalue weighted by Gasteiger charge is -2.04. The van der Waals surface area contributed by atoms with Crippen molar-refractivity contribution in [2.45, 2.75) is 30.5 Å². The van der Waals surface area contributed by atoms with Gasteiger partial charge in [0.1, 0.15) is 5.82 Å². The molecule has 24 heavy (non-hydrogen) atoms. The lowest BCUT2D eigenvalue weighted by molar-refractivity contribution is -0.118. The van der Waals surface area contributed by atoms with E-state index < -0.39 is 0 Å². The summed E-state index contributed by atoms with van der Waals surface area (Å²) in [6, 6.07) is 8.30. The second-order valence-electron chi connectivity index (χ2n) is 5.73. The number of amides is 1. The predicted octanol–water partition coefficient (Wildman–Crippen LogP) is 1.34. The molecule has 0 radical (unpaired) electrons. The Morgan fingerprint density at radius 2 is 2.25 bits per heavy atom. The number of hydrogen-bond donors (Lipinski definition) is 2. The number of benzene rings is 1. The summed E-state index contributed by atoms with van der Waals surface area (Å²) in [5.74, 6) is 1.16. The number of carbonyl (C=O) groups is 1. The van der Waals surface area contributed by atoms with Gasteiger partial charge in [0.2, 0.25) is 11.1 Å². The minimum Gasteiger partial charge on any atom is -0.355 e. The van der Waals surface area contributed by atoms with Crippen LogP contribution in [-0.4, -0.2) is 48.4 Å². The van der Waals surface area contributed by atoms with Crippen molar-refractivity contribution in [3.63, 3.8) is 0 Å². The fourth-order valence-corrected chi connectivity index (χ4v) is 3.23. The number of H-pyrrole nitrogens is 1. The number of para-hydroxylation sites is 2. The molecule has 1 aliphatic carbocycles. The Morgan fingerprint density at radius 1 is 1.38 bits per heavy atom. The first kappa shape index (κ1) is 15.1. The van der Waals surface area contributed by atoms with E-state index in [-0.39, 0.29) is 5.91 Å². The molecule has 124 valence electrons. The van der Waals surface area contributed by atoms with Crippen molar-refractivity contribution < 1.29 is 4.79 Å². The van der Waals surface area contributed by atoms with Gasteiger partial charge in [-0.15, -0.1) is 5.10 Å². The Kier molecular flexibility index (Phi) is 4.16. The Labute approximate surface area is 142 Å². The minimum absolute atomic E-state index is 0.0264. The van der Waals surface area contributed by atoms with Crippen molar-refractivity contribution in [1.82, 2.24) is 35.5 Å². The van der Waals surface area contributed by atoms with E-state index in [4.69, 9.17) is 0 Å². The first-order valence-electron chi connectivity index (χ1n) is 7.90. The third-order valence-corrected chi connectivity index (χ3v) is 4.74. The Hall–Kier alpha value is -2.42. The zero-order valence-electron chi connectivity index (χ0n) is 13.0. The molecule has 1 saturated carbocycles. The van der Waals surface area contributed by atoms with Gasteiger partial charge in [-0.1, -0.05) is 23.9 Å². The third-order valence-electron chi connectivity index (χ3n) is 3.81. The molecule has 0 spiro atoms. The summed E-state index contributed by atoms with van der Waals surface area (Å²) in [6.45, 7) is 0.548. The number of rotatable bonds is 7. The van der Waals surface area contributed by atoms with E-state index in [9.17, 15) is 4.79 Å². The second-order valence-corrected chi connectivity index (χ2v) is 6.67. The fraction of sp³-hybridized carbons (Fsp3) is 0.400. The normalized spacial score (nSPS) is 14.2. The molecule has 0 aliphatic heterocycles. The average molecular weight is 343 g/mol. The van der Waals surface area contributed by atoms with Crippen LogP contribution in [0.4, 0.5) is 0 Å². The van der Waals surface area contributed by atoms with Crippen LogP contribution in [0.5, 0.6) is 0 Å². The summed E-state index contributed by atoms with van der Waals surface area (Å²) < 4.78 is 1.81. The van der Waals surface area contributed by atoms with Crippen molar-refractivity contribution >= 4 is 28.7 Å². The summed E-state index contributed by atoms with van der Waals surface area (Å²) in [7, 11) is 0. The number of aromatic nitrogens is 6. The number of carbonyl (C=O) groups excluding carboxylic acids is 1. The van der Waals surface area contributed by atoms with Gasteiger partial charge in [0, 0.05) is 13.0 Å². The highest BCUT2D eigenvalue weighted by Crippen LogP contribution is 2.36. The Balaban J connectivity index is 1.23. The third kappa shape index (κ3) is 3.40. The van der Waals surface area contributed by atoms with E-state index in [1.54, 1.807) is 0 Å². The molecule has 0 bridgehead atoms. The maximum absolute atomic E-state index is 12.0. The molecule has 1 amide bonds. The largest absolute Gasteiger partial charge is 0.355 e. The average Bonchev–Trinajstić information content (AvgIpc) is 3.18. The molecule has 2 heterocycles. The van der Waals surface area contributed by atoms with E-state index in [0.717, 1.165) is 29.7 Å². The molecule has 3 aromatic rings. The molecule has 2 aromatic heterocycles. The lowest BCUT2D eigenvalue weighted by atomic mass is 10.3. The predicted molar refractivity (Wildman–Crippen MR) is 89.6 cm³/mol. The summed E-state index contributed by atoms with van der Waals surface area (Å²) >= 11 is 1.37. The molecule has 2 N–H and O–H groups in total. The molecular weight excluding hydrogens is 326 g/mol. The quantitative estimate of drug-likeness (QED) is 0.628. The highest BCUT2D eigenvalue weighted by atomic mass is 32.2. The van der Waals surface area contributed by atoms with Crippen molar-refractivity contribution in [1.29, 1.82) is 0 Å². The highest BCUT2D eigenvalue weighted by Gasteiger charge is 2.28. The molecule has 9 heteroatoms. The van der Waals surface area contributed by atoms with Crippen molar-refractivity contribution in [2.24, 2.45) is 0 Å². The zero-order valence-corrected chi connectivity index (χ0v) is 13.8. The van der Waals surface area contributed by atoms with Crippen molar-refractivity contribution in [3.05, 3.63) is 30.1 Å². The molecule has 0 saturated heterocycles. The van der Waals surface area contributed by atoms with Crippen LogP contribution < -0.4 is 5.32 Å². The summed E-state index contributed by atoms with van der Waals surface area (Å²) in [5, 5.41) is 15.2. The van der Waals surface area contributed by atoms with Crippen LogP contribution >= 0.6 is 11.8 Å². The number of thioether (sulfide) groups is 1. The summed E-state index contributed by atoms with van der Waals surface area (Å²) in [5.41, 5.74) is 1.96. The molecule has 1 fully saturated rings. The summed E-state index contributed by atoms with van der Waals surface area (Å²) in [6.07, 6.45) is 2.90. The van der Waals surface area contributed by atoms with Gasteiger partial charge in [0.15, 0.2) is 0 Å². The van der Waals surface area contributed by atoms with Gasteiger partial charge in [-0.25, -0.2) is 9.67 Å². The van der Waals surface area contributed by atoms with E-state index in [1.165, 1.54) is 11.8 Å². The lowest BCUT2D eigenvalue weighted by Crippen LogP contribution is -2.27. The number of fused-ring (bicyclic) bond motifs is 1. The highest BCUT2D eigenvalue weighted by molar-refractivity contribution is 7.99. The van der Waals surface area contributed by atoms with E-state index in [1.807, 2.05) is 28.9 Å². The number of tetrazole rings is 1. The van der Waals surface area contributed by atoms with Gasteiger partial charge in [0.25, 0.3) is 0 Å². The van der Waals surface area contributed by atoms with Gasteiger partial charge >= 0.3 is 0 Å². The van der Waals surface area contributed by atoms with Gasteiger partial charge in [-0.05, 0) is 35.4 Å². The minimum atomic E-state index is -0.0264. The van der Waals surface area contributed by atoms with Crippen LogP contribution in [0.3, 0.4) is 0 Å². The van der Waals surface area contributed by atoms with Gasteiger partial charge in [-0.2, -0.15) is 0 Å². The summed E-state index contributed by atoms with van der Waals surface area (Å²) in [4.78, 5) is 19.7. The number of imidazole rings is 1. The van der Waals surface area contributed by atoms with Crippen LogP contribution in [0.25, 0.3) is 11.0 Å². The molecule has 8 nitrogen and oxygen atoms in total. The Morgan fingerprint density at radius 3 is 3.08 bits per heavy atom. The van der Waals surface area contributed by atoms with Crippen LogP contribution in [0.15, 0.2) is 29.4 Å². The zero-order chi connectivity index (χ0) is 16.4. The maximum atomic E-state index is 12.0. The van der Waals surface area contributed by atoms with Gasteiger partial charge in [-0.3, -0.25) is 4.79 Å². The number of nitrogens with zero attached hydrogens (tertiary/aromatic N) is 5. The second kappa shape index (κ2) is 6.60. The van der Waals surface area contributed by atoms with Crippen molar-refractivity contribution in [2.75, 3.05) is 12.3 Å². The topological polar surface area (TPSA) is 101 Å². The fourth-order valence-electron chi connectivity index (χ4n) is 2.45. The van der Waals surface area contributed by atoms with E-state index in [0.29, 0.717) is 29.9 Å². The molecule has 0 unspecified atom stereocenters. The molecule has 4 rings (SSSR count). The van der Waals surface area contributed by atoms with Crippen molar-refractivity contribution in [3.8, 4) is 0 Å². The van der Waals surface area contributed by atoms with E-state index >= 15 is 0 Å². The standard InChI is InChI=1S/C15H17N7OS/c23-14(9-24-15-19-20-21-22(15)10-5-6-10)16-8-7-13-17-11-3-1-2-4-12(11)18-13/h1-4,10H,5-9H2,(H,16,23)(H,17,18). The van der Waals surface area contributed by atoms with Gasteiger partial charge < -0.3 is 10.3 Å². The SMILES string of the molecule is O=C(CSc1nnnn1C1CC1)NCCc1nc2ccccc2[nH]1. The smallest absolute Gasteiger partial charge is 0.230 e. The molecule has 1 aliphatic rings. The number of aromatic amines is 1. The van der Waals surface area contributed by atoms with E-state index in [2.05, 4.69) is 30.8 Å². The first-order valence-corrected chi connectivity index (χ1v) is 8.89. The molecule has 0 atom stereocenters. The van der Waals surface area contributed by atoms with Crippen LogP contribution in [0.2, 0.25) is 0 Å². The van der Waals surface area contributed by atoms with Crippen LogP contribution in [0.1, 0.15) is 24.7 Å². The van der Waals surface area contributed by atoms with Gasteiger partial charge in [0.05, 0.1) is 22.8 Å². The monoisotopic (exact) mass is 343 g/mol. The van der Waals surface area contributed by atoms with Crippen LogP contribution in [-0.2, 0) is 11.2 Å². The van der Waals surface area contributed by atoms with Crippen LogP contribution in [0, 0.1) is 0 Å². The maximum Gasteiger partial charge on any atom is 0.230 e. The molecule has 1 aromatic carbocycles. The Bertz CT molecular complexity index is 821.